The highest BCUT2D eigenvalue weighted by molar-refractivity contribution is 5.90. The van der Waals surface area contributed by atoms with Crippen LogP contribution in [0.15, 0.2) is 45.8 Å². The molecule has 0 radical (unpaired) electrons. The van der Waals surface area contributed by atoms with Crippen molar-refractivity contribution in [3.8, 4) is 34.1 Å². The molecule has 0 amide bonds. The molecule has 6 nitrogen and oxygen atoms in total. The fraction of sp³-hybridized carbons (Fsp3) is 0.118. The van der Waals surface area contributed by atoms with Gasteiger partial charge in [0.15, 0.2) is 11.3 Å². The second-order valence-corrected chi connectivity index (χ2v) is 4.86. The van der Waals surface area contributed by atoms with Crippen molar-refractivity contribution in [2.45, 2.75) is 0 Å². The molecule has 1 aromatic heterocycles. The van der Waals surface area contributed by atoms with Crippen LogP contribution >= 0.6 is 0 Å². The molecule has 0 atom stereocenters. The van der Waals surface area contributed by atoms with E-state index in [0.29, 0.717) is 11.1 Å². The van der Waals surface area contributed by atoms with Gasteiger partial charge in [-0.05, 0) is 23.8 Å². The first-order valence-electron chi connectivity index (χ1n) is 6.75. The molecule has 0 saturated heterocycles. The smallest absolute Gasteiger partial charge is 0.207 e. The van der Waals surface area contributed by atoms with E-state index in [0.717, 1.165) is 0 Å². The molecule has 3 rings (SSSR count). The summed E-state index contributed by atoms with van der Waals surface area (Å²) in [4.78, 5) is 12.7. The van der Waals surface area contributed by atoms with E-state index in [1.807, 2.05) is 0 Å². The summed E-state index contributed by atoms with van der Waals surface area (Å²) >= 11 is 0. The summed E-state index contributed by atoms with van der Waals surface area (Å²) in [6.45, 7) is 0. The summed E-state index contributed by atoms with van der Waals surface area (Å²) in [6, 6.07) is 7.63. The van der Waals surface area contributed by atoms with Gasteiger partial charge in [0.25, 0.3) is 0 Å². The fourth-order valence-corrected chi connectivity index (χ4v) is 2.40. The van der Waals surface area contributed by atoms with Gasteiger partial charge in [-0.15, -0.1) is 0 Å². The molecule has 0 bridgehead atoms. The molecule has 0 saturated carbocycles. The molecule has 1 heterocycles. The van der Waals surface area contributed by atoms with Gasteiger partial charge in [-0.1, -0.05) is 12.1 Å². The van der Waals surface area contributed by atoms with E-state index in [4.69, 9.17) is 13.9 Å². The van der Waals surface area contributed by atoms with Crippen molar-refractivity contribution in [2.75, 3.05) is 14.2 Å². The van der Waals surface area contributed by atoms with Crippen LogP contribution in [-0.4, -0.2) is 24.4 Å². The van der Waals surface area contributed by atoms with Gasteiger partial charge in [0.2, 0.25) is 16.9 Å². The van der Waals surface area contributed by atoms with E-state index >= 15 is 0 Å². The maximum atomic E-state index is 12.7. The van der Waals surface area contributed by atoms with Gasteiger partial charge in [-0.2, -0.15) is 0 Å². The first-order chi connectivity index (χ1) is 11.1. The zero-order valence-corrected chi connectivity index (χ0v) is 12.5. The molecular formula is C17H14O6. The summed E-state index contributed by atoms with van der Waals surface area (Å²) < 4.78 is 15.7. The summed E-state index contributed by atoms with van der Waals surface area (Å²) in [7, 11) is 2.79. The van der Waals surface area contributed by atoms with Crippen LogP contribution in [0.5, 0.6) is 23.0 Å². The molecule has 3 aromatic rings. The van der Waals surface area contributed by atoms with Gasteiger partial charge in [-0.25, -0.2) is 0 Å². The Hall–Kier alpha value is -3.15. The molecule has 0 aliphatic rings. The summed E-state index contributed by atoms with van der Waals surface area (Å²) in [5.41, 5.74) is 0.597. The molecule has 6 heteroatoms. The van der Waals surface area contributed by atoms with Crippen LogP contribution < -0.4 is 14.9 Å². The maximum Gasteiger partial charge on any atom is 0.207 e. The molecule has 0 fully saturated rings. The minimum absolute atomic E-state index is 0.0233. The predicted octanol–water partition coefficient (Wildman–Crippen LogP) is 2.89. The average Bonchev–Trinajstić information content (AvgIpc) is 2.56. The van der Waals surface area contributed by atoms with Gasteiger partial charge in [0, 0.05) is 0 Å². The lowest BCUT2D eigenvalue weighted by Gasteiger charge is -2.11. The topological polar surface area (TPSA) is 89.1 Å². The number of rotatable bonds is 3. The molecule has 0 spiro atoms. The van der Waals surface area contributed by atoms with Crippen LogP contribution in [0.4, 0.5) is 0 Å². The summed E-state index contributed by atoms with van der Waals surface area (Å²) in [5, 5.41) is 19.7. The highest BCUT2D eigenvalue weighted by Crippen LogP contribution is 2.42. The number of phenols is 2. The van der Waals surface area contributed by atoms with Crippen molar-refractivity contribution in [3.05, 3.63) is 46.8 Å². The molecular weight excluding hydrogens is 300 g/mol. The van der Waals surface area contributed by atoms with E-state index in [1.54, 1.807) is 12.1 Å². The minimum atomic E-state index is -0.326. The first kappa shape index (κ1) is 14.8. The molecule has 0 aliphatic heterocycles. The van der Waals surface area contributed by atoms with Gasteiger partial charge in [0.1, 0.15) is 12.0 Å². The largest absolute Gasteiger partial charge is 0.508 e. The Morgan fingerprint density at radius 1 is 1.04 bits per heavy atom. The van der Waals surface area contributed by atoms with Crippen LogP contribution in [0, 0.1) is 0 Å². The zero-order valence-electron chi connectivity index (χ0n) is 12.5. The molecule has 2 aromatic carbocycles. The van der Waals surface area contributed by atoms with Crippen molar-refractivity contribution in [2.24, 2.45) is 0 Å². The van der Waals surface area contributed by atoms with Crippen LogP contribution in [0.1, 0.15) is 0 Å². The van der Waals surface area contributed by atoms with Crippen molar-refractivity contribution in [1.29, 1.82) is 0 Å². The monoisotopic (exact) mass is 314 g/mol. The fourth-order valence-electron chi connectivity index (χ4n) is 2.40. The van der Waals surface area contributed by atoms with Gasteiger partial charge in [0.05, 0.1) is 25.2 Å². The molecule has 0 unspecified atom stereocenters. The number of phenolic OH excluding ortho intramolecular Hbond substituents is 2. The van der Waals surface area contributed by atoms with Crippen LogP contribution in [0.3, 0.4) is 0 Å². The Labute approximate surface area is 131 Å². The van der Waals surface area contributed by atoms with E-state index in [1.165, 1.54) is 38.7 Å². The van der Waals surface area contributed by atoms with Gasteiger partial charge in [-0.3, -0.25) is 4.79 Å². The van der Waals surface area contributed by atoms with E-state index in [-0.39, 0.29) is 39.4 Å². The summed E-state index contributed by atoms with van der Waals surface area (Å²) in [5.74, 6) is 0.132. The van der Waals surface area contributed by atoms with E-state index in [9.17, 15) is 15.0 Å². The number of hydrogen-bond acceptors (Lipinski definition) is 6. The van der Waals surface area contributed by atoms with Gasteiger partial charge >= 0.3 is 0 Å². The van der Waals surface area contributed by atoms with Gasteiger partial charge < -0.3 is 24.1 Å². The number of ether oxygens (including phenoxy) is 2. The lowest BCUT2D eigenvalue weighted by molar-refractivity contribution is 0.332. The minimum Gasteiger partial charge on any atom is -0.508 e. The second kappa shape index (κ2) is 5.57. The number of methoxy groups -OCH3 is 2. The molecule has 23 heavy (non-hydrogen) atoms. The Bertz CT molecular complexity index is 924. The quantitative estimate of drug-likeness (QED) is 0.772. The third-order valence-electron chi connectivity index (χ3n) is 3.56. The summed E-state index contributed by atoms with van der Waals surface area (Å²) in [6.07, 6.45) is 1.27. The number of aromatic hydroxyl groups is 2. The Balaban J connectivity index is 2.31. The molecule has 0 aliphatic carbocycles. The zero-order chi connectivity index (χ0) is 16.6. The van der Waals surface area contributed by atoms with E-state index in [2.05, 4.69) is 0 Å². The lowest BCUT2D eigenvalue weighted by Crippen LogP contribution is -2.05. The number of fused-ring (bicyclic) bond motifs is 1. The molecule has 118 valence electrons. The van der Waals surface area contributed by atoms with Crippen molar-refractivity contribution in [1.82, 2.24) is 0 Å². The normalized spacial score (nSPS) is 10.7. The predicted molar refractivity (Wildman–Crippen MR) is 84.4 cm³/mol. The van der Waals surface area contributed by atoms with Crippen LogP contribution in [0.2, 0.25) is 0 Å². The van der Waals surface area contributed by atoms with Crippen molar-refractivity contribution in [3.63, 3.8) is 0 Å². The van der Waals surface area contributed by atoms with Crippen LogP contribution in [0.25, 0.3) is 22.1 Å². The Morgan fingerprint density at radius 3 is 2.35 bits per heavy atom. The highest BCUT2D eigenvalue weighted by Gasteiger charge is 2.19. The lowest BCUT2D eigenvalue weighted by atomic mass is 10.0. The van der Waals surface area contributed by atoms with Crippen LogP contribution in [-0.2, 0) is 0 Å². The average molecular weight is 314 g/mol. The third-order valence-corrected chi connectivity index (χ3v) is 3.56. The standard InChI is InChI=1S/C17H14O6/c1-21-13-7-11-14(19)12(9-3-5-10(18)6-4-9)8-23-16(11)15(20)17(13)22-2/h3-8,18,20H,1-2H3. The Morgan fingerprint density at radius 2 is 1.74 bits per heavy atom. The maximum absolute atomic E-state index is 12.7. The SMILES string of the molecule is COc1cc2c(=O)c(-c3ccc(O)cc3)coc2c(O)c1OC. The first-order valence-corrected chi connectivity index (χ1v) is 6.75. The van der Waals surface area contributed by atoms with Crippen molar-refractivity contribution >= 4 is 11.0 Å². The van der Waals surface area contributed by atoms with Crippen molar-refractivity contribution < 1.29 is 24.1 Å². The highest BCUT2D eigenvalue weighted by atomic mass is 16.5. The van der Waals surface area contributed by atoms with E-state index < -0.39 is 0 Å². The number of hydrogen-bond donors (Lipinski definition) is 2. The second-order valence-electron chi connectivity index (χ2n) is 4.86. The Kier molecular flexibility index (Phi) is 3.57. The molecule has 2 N–H and O–H groups in total. The third kappa shape index (κ3) is 2.34. The number of benzene rings is 2.